The summed E-state index contributed by atoms with van der Waals surface area (Å²) in [6.45, 7) is 2.95. The molecule has 0 radical (unpaired) electrons. The molecule has 5 rings (SSSR count). The number of aromatic nitrogens is 2. The molecule has 0 aliphatic carbocycles. The molecule has 0 bridgehead atoms. The minimum atomic E-state index is -0.194. The summed E-state index contributed by atoms with van der Waals surface area (Å²) >= 11 is 6.30. The van der Waals surface area contributed by atoms with Crippen molar-refractivity contribution in [3.05, 3.63) is 132 Å². The van der Waals surface area contributed by atoms with Crippen LogP contribution < -0.4 is 5.32 Å². The molecule has 39 heavy (non-hydrogen) atoms. The van der Waals surface area contributed by atoms with Crippen molar-refractivity contribution in [2.24, 2.45) is 0 Å². The maximum absolute atomic E-state index is 13.6. The highest BCUT2D eigenvalue weighted by Gasteiger charge is 2.22. The van der Waals surface area contributed by atoms with Crippen LogP contribution in [0.15, 0.2) is 115 Å². The van der Waals surface area contributed by atoms with E-state index < -0.39 is 0 Å². The van der Waals surface area contributed by atoms with Crippen LogP contribution in [0.3, 0.4) is 0 Å². The highest BCUT2D eigenvalue weighted by atomic mass is 35.5. The summed E-state index contributed by atoms with van der Waals surface area (Å²) in [6.07, 6.45) is 2.36. The number of carbonyl (C=O) groups excluding carboxylic acids is 1. The van der Waals surface area contributed by atoms with E-state index in [4.69, 9.17) is 16.3 Å². The molecular formula is C33H30ClN3O2. The molecule has 1 aromatic heterocycles. The number of carbonyl (C=O) groups is 1. The van der Waals surface area contributed by atoms with Crippen molar-refractivity contribution < 1.29 is 9.53 Å². The van der Waals surface area contributed by atoms with Crippen molar-refractivity contribution in [2.45, 2.75) is 26.0 Å². The fourth-order valence-corrected chi connectivity index (χ4v) is 4.65. The van der Waals surface area contributed by atoms with Gasteiger partial charge in [0.1, 0.15) is 0 Å². The Kier molecular flexibility index (Phi) is 8.51. The van der Waals surface area contributed by atoms with E-state index in [1.807, 2.05) is 91.9 Å². The monoisotopic (exact) mass is 535 g/mol. The lowest BCUT2D eigenvalue weighted by molar-refractivity contribution is 0.0792. The molecule has 0 saturated carbocycles. The fourth-order valence-electron chi connectivity index (χ4n) is 4.47. The molecule has 1 heterocycles. The molecule has 5 aromatic rings. The molecule has 0 aliphatic heterocycles. The van der Waals surface area contributed by atoms with E-state index in [1.165, 1.54) is 0 Å². The Bertz CT molecular complexity index is 1520. The van der Waals surface area contributed by atoms with E-state index in [2.05, 4.69) is 34.7 Å². The first-order valence-electron chi connectivity index (χ1n) is 13.0. The zero-order valence-corrected chi connectivity index (χ0v) is 22.5. The Balaban J connectivity index is 1.41. The molecule has 1 atom stereocenters. The molecule has 0 fully saturated rings. The molecule has 6 heteroatoms. The Labute approximate surface area is 234 Å². The zero-order chi connectivity index (χ0) is 27.0. The zero-order valence-electron chi connectivity index (χ0n) is 21.8. The first kappa shape index (κ1) is 26.4. The highest BCUT2D eigenvalue weighted by molar-refractivity contribution is 6.30. The smallest absolute Gasteiger partial charge is 0.255 e. The van der Waals surface area contributed by atoms with Crippen LogP contribution in [0.5, 0.6) is 0 Å². The van der Waals surface area contributed by atoms with Gasteiger partial charge < -0.3 is 10.1 Å². The number of nitrogens with one attached hydrogen (secondary N) is 1. The van der Waals surface area contributed by atoms with Crippen LogP contribution in [0.4, 0.5) is 0 Å². The third kappa shape index (κ3) is 6.45. The van der Waals surface area contributed by atoms with E-state index in [1.54, 1.807) is 10.9 Å². The summed E-state index contributed by atoms with van der Waals surface area (Å²) in [7, 11) is 0. The van der Waals surface area contributed by atoms with Crippen LogP contribution in [-0.2, 0) is 11.3 Å². The lowest BCUT2D eigenvalue weighted by atomic mass is 10.0. The van der Waals surface area contributed by atoms with Gasteiger partial charge in [0.2, 0.25) is 0 Å². The second-order valence-electron chi connectivity index (χ2n) is 9.32. The Morgan fingerprint density at radius 1 is 0.872 bits per heavy atom. The van der Waals surface area contributed by atoms with Crippen molar-refractivity contribution in [3.8, 4) is 28.1 Å². The fraction of sp³-hybridized carbons (Fsp3) is 0.152. The lowest BCUT2D eigenvalue weighted by Crippen LogP contribution is -2.37. The van der Waals surface area contributed by atoms with E-state index in [-0.39, 0.29) is 11.9 Å². The first-order valence-corrected chi connectivity index (χ1v) is 13.4. The van der Waals surface area contributed by atoms with Crippen molar-refractivity contribution in [2.75, 3.05) is 6.61 Å². The number of ether oxygens (including phenoxy) is 1. The normalized spacial score (nSPS) is 11.7. The van der Waals surface area contributed by atoms with Gasteiger partial charge in [0.25, 0.3) is 5.91 Å². The van der Waals surface area contributed by atoms with E-state index in [0.29, 0.717) is 29.5 Å². The summed E-state index contributed by atoms with van der Waals surface area (Å²) in [5.41, 5.74) is 6.18. The lowest BCUT2D eigenvalue weighted by Gasteiger charge is -2.18. The van der Waals surface area contributed by atoms with Crippen molar-refractivity contribution >= 4 is 17.5 Å². The van der Waals surface area contributed by atoms with Crippen molar-refractivity contribution in [1.29, 1.82) is 0 Å². The SMILES string of the molecule is CC[C@H](COCc1ccccc1)NC(=O)c1cnn(-c2cccc(Cl)c2)c1-c1ccc(-c2ccccc2)cc1. The standard InChI is InChI=1S/C33H30ClN3O2/c1-2-29(23-39-22-24-10-5-3-6-11-24)36-33(38)31-21-35-37(30-15-9-14-28(34)20-30)32(31)27-18-16-26(17-19-27)25-12-7-4-8-13-25/h3-21,29H,2,22-23H2,1H3,(H,36,38)/t29-/m1/s1. The highest BCUT2D eigenvalue weighted by Crippen LogP contribution is 2.30. The largest absolute Gasteiger partial charge is 0.375 e. The third-order valence-corrected chi connectivity index (χ3v) is 6.83. The van der Waals surface area contributed by atoms with Gasteiger partial charge in [-0.25, -0.2) is 4.68 Å². The number of hydrogen-bond donors (Lipinski definition) is 1. The van der Waals surface area contributed by atoms with Gasteiger partial charge in [0.15, 0.2) is 0 Å². The maximum atomic E-state index is 13.6. The molecule has 0 saturated heterocycles. The minimum Gasteiger partial charge on any atom is -0.375 e. The van der Waals surface area contributed by atoms with Crippen molar-refractivity contribution in [1.82, 2.24) is 15.1 Å². The third-order valence-electron chi connectivity index (χ3n) is 6.59. The molecule has 5 nitrogen and oxygen atoms in total. The number of halogens is 1. The molecule has 4 aromatic carbocycles. The van der Waals surface area contributed by atoms with Crippen LogP contribution >= 0.6 is 11.6 Å². The van der Waals surface area contributed by atoms with Crippen LogP contribution in [0.1, 0.15) is 29.3 Å². The molecule has 0 unspecified atom stereocenters. The Morgan fingerprint density at radius 3 is 2.23 bits per heavy atom. The average Bonchev–Trinajstić information content (AvgIpc) is 3.43. The molecular weight excluding hydrogens is 506 g/mol. The van der Waals surface area contributed by atoms with Gasteiger partial charge in [0.05, 0.1) is 42.4 Å². The van der Waals surface area contributed by atoms with Crippen molar-refractivity contribution in [3.63, 3.8) is 0 Å². The minimum absolute atomic E-state index is 0.135. The average molecular weight is 536 g/mol. The summed E-state index contributed by atoms with van der Waals surface area (Å²) in [4.78, 5) is 13.6. The van der Waals surface area contributed by atoms with E-state index >= 15 is 0 Å². The second-order valence-corrected chi connectivity index (χ2v) is 9.76. The summed E-state index contributed by atoms with van der Waals surface area (Å²) < 4.78 is 7.69. The summed E-state index contributed by atoms with van der Waals surface area (Å²) in [6, 6.07) is 35.7. The topological polar surface area (TPSA) is 56.1 Å². The first-order chi connectivity index (χ1) is 19.1. The maximum Gasteiger partial charge on any atom is 0.255 e. The number of benzene rings is 4. The number of nitrogens with zero attached hydrogens (tertiary/aromatic N) is 2. The molecule has 1 N–H and O–H groups in total. The number of amides is 1. The van der Waals surface area contributed by atoms with E-state index in [9.17, 15) is 4.79 Å². The Morgan fingerprint density at radius 2 is 1.54 bits per heavy atom. The number of rotatable bonds is 10. The predicted molar refractivity (Wildman–Crippen MR) is 157 cm³/mol. The second kappa shape index (κ2) is 12.6. The van der Waals surface area contributed by atoms with Gasteiger partial charge in [-0.2, -0.15) is 5.10 Å². The van der Waals surface area contributed by atoms with Gasteiger partial charge in [-0.1, -0.05) is 110 Å². The van der Waals surface area contributed by atoms with Crippen LogP contribution in [0.2, 0.25) is 5.02 Å². The van der Waals surface area contributed by atoms with Gasteiger partial charge >= 0.3 is 0 Å². The van der Waals surface area contributed by atoms with Gasteiger partial charge in [-0.15, -0.1) is 0 Å². The van der Waals surface area contributed by atoms with Crippen LogP contribution in [0, 0.1) is 0 Å². The van der Waals surface area contributed by atoms with Gasteiger partial charge in [0, 0.05) is 10.6 Å². The van der Waals surface area contributed by atoms with Crippen LogP contribution in [0.25, 0.3) is 28.1 Å². The van der Waals surface area contributed by atoms with Crippen LogP contribution in [-0.4, -0.2) is 28.3 Å². The van der Waals surface area contributed by atoms with Gasteiger partial charge in [-0.05, 0) is 41.3 Å². The van der Waals surface area contributed by atoms with Gasteiger partial charge in [-0.3, -0.25) is 4.79 Å². The Hall–Kier alpha value is -4.19. The van der Waals surface area contributed by atoms with E-state index in [0.717, 1.165) is 34.4 Å². The molecule has 0 spiro atoms. The summed E-state index contributed by atoms with van der Waals surface area (Å²) in [5, 5.41) is 8.35. The summed E-state index contributed by atoms with van der Waals surface area (Å²) in [5.74, 6) is -0.194. The predicted octanol–water partition coefficient (Wildman–Crippen LogP) is 7.58. The molecule has 196 valence electrons. The number of hydrogen-bond acceptors (Lipinski definition) is 3. The quantitative estimate of drug-likeness (QED) is 0.200. The molecule has 1 amide bonds. The molecule has 0 aliphatic rings.